The molecule has 4 aromatic rings. The molecule has 0 aliphatic carbocycles. The second-order valence-corrected chi connectivity index (χ2v) is 17.0. The van der Waals surface area contributed by atoms with Crippen molar-refractivity contribution in [3.05, 3.63) is 116 Å². The number of amides is 5. The molecule has 0 saturated carbocycles. The van der Waals surface area contributed by atoms with Gasteiger partial charge in [0.05, 0.1) is 32.7 Å². The smallest absolute Gasteiger partial charge is 0.417 e. The van der Waals surface area contributed by atoms with Gasteiger partial charge >= 0.3 is 24.3 Å². The summed E-state index contributed by atoms with van der Waals surface area (Å²) in [6.07, 6.45) is 0.435. The third-order valence-corrected chi connectivity index (χ3v) is 12.1. The van der Waals surface area contributed by atoms with Crippen LogP contribution in [0, 0.1) is 5.82 Å². The van der Waals surface area contributed by atoms with Crippen molar-refractivity contribution in [1.82, 2.24) is 14.8 Å². The van der Waals surface area contributed by atoms with Gasteiger partial charge in [-0.05, 0) is 131 Å². The van der Waals surface area contributed by atoms with Crippen LogP contribution in [0.3, 0.4) is 0 Å². The minimum absolute atomic E-state index is 0.0159. The molecule has 1 aromatic heterocycles. The fourth-order valence-electron chi connectivity index (χ4n) is 8.63. The van der Waals surface area contributed by atoms with E-state index in [1.807, 2.05) is 31.7 Å². The number of pyridine rings is 1. The Kier molecular flexibility index (Phi) is 11.2. The van der Waals surface area contributed by atoms with Gasteiger partial charge in [-0.25, -0.2) is 23.8 Å². The third kappa shape index (κ3) is 8.10. The number of carbonyl (C=O) groups is 3. The van der Waals surface area contributed by atoms with E-state index < -0.39 is 34.4 Å². The quantitative estimate of drug-likeness (QED) is 0.177. The monoisotopic (exact) mass is 860 g/mol. The summed E-state index contributed by atoms with van der Waals surface area (Å²) in [4.78, 5) is 47.4. The number of benzene rings is 3. The van der Waals surface area contributed by atoms with E-state index in [1.54, 1.807) is 35.4 Å². The lowest BCUT2D eigenvalue weighted by Crippen LogP contribution is -2.48. The lowest BCUT2D eigenvalue weighted by molar-refractivity contribution is -0.137. The highest BCUT2D eigenvalue weighted by atomic mass is 35.5. The van der Waals surface area contributed by atoms with Crippen LogP contribution < -0.4 is 15.5 Å². The molecule has 4 aliphatic heterocycles. The van der Waals surface area contributed by atoms with E-state index in [0.717, 1.165) is 60.1 Å². The number of hydrogen-bond acceptors (Lipinski definition) is 4. The van der Waals surface area contributed by atoms with Gasteiger partial charge in [0.15, 0.2) is 0 Å². The van der Waals surface area contributed by atoms with Gasteiger partial charge < -0.3 is 25.5 Å². The number of nitrogens with one attached hydrogen (secondary N) is 2. The highest BCUT2D eigenvalue weighted by molar-refractivity contribution is 6.42. The average molecular weight is 862 g/mol. The molecule has 2 fully saturated rings. The standard InChI is InChI=1S/C22H24Cl2N4O3.C19H15ClF4N2O/c1-22(2,3)28(21(30)31)19-18-12(8-9-25-19)10-14-5-7-17(18)27(14)20(29)26-13-4-6-15(23)16(24)11-13;20-16-9-12(3-5-15(16)19(22,23)24)25-18(27)26-13-4-6-17(26)14-8-11(21)2-1-10(14)7-13/h4,6,8-9,11,14,17H,5,7,10H2,1-3H3,(H,26,29)(H,30,31);1-3,5,8-9,13,17H,4,6-7H2,(H,25,27)/t14-,17+;13-,17+/m11/s1. The number of carboxylic acid groups (broad SMARTS) is 1. The highest BCUT2D eigenvalue weighted by Crippen LogP contribution is 2.48. The number of aromatic nitrogens is 1. The third-order valence-electron chi connectivity index (χ3n) is 11.0. The van der Waals surface area contributed by atoms with Crippen LogP contribution in [0.15, 0.2) is 66.9 Å². The molecule has 2 saturated heterocycles. The molecule has 8 rings (SSSR count). The zero-order chi connectivity index (χ0) is 41.8. The lowest BCUT2D eigenvalue weighted by atomic mass is 9.93. The van der Waals surface area contributed by atoms with E-state index in [9.17, 15) is 37.1 Å². The molecule has 4 atom stereocenters. The Bertz CT molecular complexity index is 2290. The van der Waals surface area contributed by atoms with Crippen molar-refractivity contribution >= 4 is 70.2 Å². The molecule has 4 aliphatic rings. The molecule has 5 heterocycles. The summed E-state index contributed by atoms with van der Waals surface area (Å²) in [5.74, 6) is 0.0455. The van der Waals surface area contributed by atoms with Crippen LogP contribution in [-0.2, 0) is 19.0 Å². The van der Waals surface area contributed by atoms with Crippen molar-refractivity contribution in [2.75, 3.05) is 15.5 Å². The van der Waals surface area contributed by atoms with Crippen molar-refractivity contribution in [1.29, 1.82) is 0 Å². The molecule has 5 amide bonds. The SMILES string of the molecule is CC(C)(C)N(C(=O)O)c1nccc2c1[C@@H]1CC[C@H](C2)N1C(=O)Nc1ccc(Cl)c(Cl)c1.O=C(Nc1ccc(C(F)(F)F)c(Cl)c1)N1[C@@H]2CC[C@H]1c1cc(F)ccc1C2. The molecule has 10 nitrogen and oxygen atoms in total. The first-order chi connectivity index (χ1) is 27.3. The zero-order valence-corrected chi connectivity index (χ0v) is 33.8. The molecule has 4 bridgehead atoms. The molecule has 3 aromatic carbocycles. The number of alkyl halides is 3. The van der Waals surface area contributed by atoms with Crippen LogP contribution in [0.25, 0.3) is 0 Å². The maximum absolute atomic E-state index is 13.6. The fraction of sp³-hybridized carbons (Fsp3) is 0.366. The van der Waals surface area contributed by atoms with Crippen molar-refractivity contribution < 1.29 is 37.1 Å². The summed E-state index contributed by atoms with van der Waals surface area (Å²) in [5.41, 5.74) is 2.79. The number of rotatable bonds is 3. The Labute approximate surface area is 347 Å². The van der Waals surface area contributed by atoms with Gasteiger partial charge in [0, 0.05) is 40.8 Å². The largest absolute Gasteiger partial charge is 0.465 e. The van der Waals surface area contributed by atoms with Crippen LogP contribution in [0.5, 0.6) is 0 Å². The van der Waals surface area contributed by atoms with Crippen LogP contribution >= 0.6 is 34.8 Å². The van der Waals surface area contributed by atoms with Gasteiger partial charge in [0.1, 0.15) is 11.6 Å². The first kappa shape index (κ1) is 41.4. The summed E-state index contributed by atoms with van der Waals surface area (Å²) in [7, 11) is 0. The van der Waals surface area contributed by atoms with Crippen LogP contribution in [0.1, 0.15) is 86.4 Å². The van der Waals surface area contributed by atoms with Crippen molar-refractivity contribution in [3.63, 3.8) is 0 Å². The number of anilines is 3. The summed E-state index contributed by atoms with van der Waals surface area (Å²) in [5, 5.41) is 15.7. The Morgan fingerprint density at radius 1 is 0.759 bits per heavy atom. The maximum atomic E-state index is 13.6. The van der Waals surface area contributed by atoms with Crippen LogP contribution in [0.2, 0.25) is 15.1 Å². The number of halogens is 7. The molecule has 0 unspecified atom stereocenters. The topological polar surface area (TPSA) is 118 Å². The fourth-order valence-corrected chi connectivity index (χ4v) is 9.21. The molecule has 0 radical (unpaired) electrons. The number of fused-ring (bicyclic) bond motifs is 8. The number of carbonyl (C=O) groups excluding carboxylic acids is 2. The summed E-state index contributed by atoms with van der Waals surface area (Å²) >= 11 is 17.8. The normalized spacial score (nSPS) is 20.4. The molecular weight excluding hydrogens is 823 g/mol. The van der Waals surface area contributed by atoms with Crippen molar-refractivity contribution in [2.45, 2.75) is 95.2 Å². The number of hydrogen-bond donors (Lipinski definition) is 3. The Hall–Kier alpha value is -4.79. The van der Waals surface area contributed by atoms with E-state index in [0.29, 0.717) is 34.4 Å². The summed E-state index contributed by atoms with van der Waals surface area (Å²) in [6, 6.07) is 13.5. The predicted octanol–water partition coefficient (Wildman–Crippen LogP) is 11.8. The van der Waals surface area contributed by atoms with Crippen LogP contribution in [0.4, 0.5) is 49.1 Å². The van der Waals surface area contributed by atoms with Crippen molar-refractivity contribution in [2.24, 2.45) is 0 Å². The molecule has 17 heteroatoms. The van der Waals surface area contributed by atoms with Gasteiger partial charge in [0.25, 0.3) is 0 Å². The van der Waals surface area contributed by atoms with E-state index in [-0.39, 0.29) is 41.7 Å². The molecule has 58 heavy (non-hydrogen) atoms. The average Bonchev–Trinajstić information content (AvgIpc) is 3.63. The van der Waals surface area contributed by atoms with Gasteiger partial charge in [-0.2, -0.15) is 13.2 Å². The molecule has 0 spiro atoms. The number of urea groups is 2. The first-order valence-electron chi connectivity index (χ1n) is 18.6. The van der Waals surface area contributed by atoms with Gasteiger partial charge in [-0.1, -0.05) is 40.9 Å². The Morgan fingerprint density at radius 2 is 1.34 bits per heavy atom. The minimum atomic E-state index is -4.56. The second-order valence-electron chi connectivity index (χ2n) is 15.7. The van der Waals surface area contributed by atoms with Gasteiger partial charge in [-0.15, -0.1) is 0 Å². The second kappa shape index (κ2) is 15.8. The van der Waals surface area contributed by atoms with Crippen LogP contribution in [-0.4, -0.2) is 55.7 Å². The Balaban J connectivity index is 0.000000178. The zero-order valence-electron chi connectivity index (χ0n) is 31.5. The summed E-state index contributed by atoms with van der Waals surface area (Å²) < 4.78 is 52.1. The highest BCUT2D eigenvalue weighted by Gasteiger charge is 2.46. The Morgan fingerprint density at radius 3 is 1.93 bits per heavy atom. The first-order valence-corrected chi connectivity index (χ1v) is 19.7. The van der Waals surface area contributed by atoms with Gasteiger partial charge in [0.2, 0.25) is 0 Å². The molecule has 3 N–H and O–H groups in total. The maximum Gasteiger partial charge on any atom is 0.417 e. The minimum Gasteiger partial charge on any atom is -0.465 e. The van der Waals surface area contributed by atoms with E-state index >= 15 is 0 Å². The van der Waals surface area contributed by atoms with E-state index in [1.165, 1.54) is 23.1 Å². The van der Waals surface area contributed by atoms with Crippen molar-refractivity contribution in [3.8, 4) is 0 Å². The molecule has 306 valence electrons. The lowest BCUT2D eigenvalue weighted by Gasteiger charge is -2.40. The van der Waals surface area contributed by atoms with E-state index in [4.69, 9.17) is 34.8 Å². The number of nitrogens with zero attached hydrogens (tertiary/aromatic N) is 4. The predicted molar refractivity (Wildman–Crippen MR) is 214 cm³/mol. The molecular formula is C41H39Cl3F4N6O4. The van der Waals surface area contributed by atoms with Gasteiger partial charge in [-0.3, -0.25) is 4.90 Å². The summed E-state index contributed by atoms with van der Waals surface area (Å²) in [6.45, 7) is 5.49. The van der Waals surface area contributed by atoms with E-state index in [2.05, 4.69) is 15.6 Å².